The topological polar surface area (TPSA) is 87.7 Å². The number of carbonyl (C=O) groups excluding carboxylic acids is 1. The largest absolute Gasteiger partial charge is 0.409 e. The highest BCUT2D eigenvalue weighted by atomic mass is 16.4. The lowest BCUT2D eigenvalue weighted by Crippen LogP contribution is -2.42. The second-order valence-corrected chi connectivity index (χ2v) is 4.92. The van der Waals surface area contributed by atoms with Crippen LogP contribution in [0.3, 0.4) is 0 Å². The minimum atomic E-state index is -0.570. The molecule has 0 fully saturated rings. The standard InChI is InChI=1S/C15H23N3O2/c1-3-13(14(16)18-20)15(19)17-11(2)9-10-12-7-5-4-6-8-12/h4-8,11,13,20H,3,9-10H2,1-2H3,(H2,16,18)(H,17,19). The van der Waals surface area contributed by atoms with Crippen LogP contribution in [0.4, 0.5) is 0 Å². The first-order valence-electron chi connectivity index (χ1n) is 6.90. The van der Waals surface area contributed by atoms with Gasteiger partial charge in [-0.25, -0.2) is 0 Å². The van der Waals surface area contributed by atoms with Crippen molar-refractivity contribution in [3.8, 4) is 0 Å². The number of oxime groups is 1. The van der Waals surface area contributed by atoms with Crippen LogP contribution >= 0.6 is 0 Å². The first kappa shape index (κ1) is 16.0. The molecular formula is C15H23N3O2. The Labute approximate surface area is 119 Å². The Morgan fingerprint density at radius 1 is 1.40 bits per heavy atom. The normalized spacial score (nSPS) is 14.6. The number of rotatable bonds is 7. The zero-order chi connectivity index (χ0) is 15.0. The van der Waals surface area contributed by atoms with Crippen LogP contribution < -0.4 is 11.1 Å². The van der Waals surface area contributed by atoms with Gasteiger partial charge in [0.25, 0.3) is 0 Å². The van der Waals surface area contributed by atoms with Crippen molar-refractivity contribution in [2.24, 2.45) is 16.8 Å². The molecule has 0 radical (unpaired) electrons. The summed E-state index contributed by atoms with van der Waals surface area (Å²) >= 11 is 0. The molecule has 0 spiro atoms. The molecule has 2 atom stereocenters. The summed E-state index contributed by atoms with van der Waals surface area (Å²) in [4.78, 5) is 12.0. The van der Waals surface area contributed by atoms with Gasteiger partial charge in [-0.05, 0) is 31.7 Å². The maximum absolute atomic E-state index is 12.0. The number of benzene rings is 1. The van der Waals surface area contributed by atoms with E-state index in [2.05, 4.69) is 22.6 Å². The molecule has 1 aromatic rings. The summed E-state index contributed by atoms with van der Waals surface area (Å²) in [6, 6.07) is 10.2. The fourth-order valence-electron chi connectivity index (χ4n) is 2.04. The van der Waals surface area contributed by atoms with Crippen LogP contribution in [-0.2, 0) is 11.2 Å². The van der Waals surface area contributed by atoms with Crippen molar-refractivity contribution < 1.29 is 10.0 Å². The summed E-state index contributed by atoms with van der Waals surface area (Å²) in [6.07, 6.45) is 2.26. The number of nitrogens with two attached hydrogens (primary N) is 1. The van der Waals surface area contributed by atoms with Gasteiger partial charge in [0.05, 0.1) is 5.92 Å². The molecule has 5 heteroatoms. The van der Waals surface area contributed by atoms with Gasteiger partial charge in [-0.3, -0.25) is 4.79 Å². The van der Waals surface area contributed by atoms with Crippen LogP contribution in [0.2, 0.25) is 0 Å². The van der Waals surface area contributed by atoms with Crippen LogP contribution in [0, 0.1) is 5.92 Å². The third-order valence-corrected chi connectivity index (χ3v) is 3.29. The molecule has 0 aliphatic carbocycles. The molecule has 5 nitrogen and oxygen atoms in total. The van der Waals surface area contributed by atoms with Crippen LogP contribution in [0.15, 0.2) is 35.5 Å². The van der Waals surface area contributed by atoms with E-state index in [4.69, 9.17) is 10.9 Å². The second kappa shape index (κ2) is 8.19. The molecule has 20 heavy (non-hydrogen) atoms. The highest BCUT2D eigenvalue weighted by molar-refractivity contribution is 6.02. The van der Waals surface area contributed by atoms with E-state index >= 15 is 0 Å². The summed E-state index contributed by atoms with van der Waals surface area (Å²) < 4.78 is 0. The maximum Gasteiger partial charge on any atom is 0.231 e. The lowest BCUT2D eigenvalue weighted by atomic mass is 10.0. The molecule has 0 saturated carbocycles. The van der Waals surface area contributed by atoms with Crippen molar-refractivity contribution in [1.82, 2.24) is 5.32 Å². The molecule has 0 heterocycles. The molecular weight excluding hydrogens is 254 g/mol. The fraction of sp³-hybridized carbons (Fsp3) is 0.467. The Morgan fingerprint density at radius 2 is 2.05 bits per heavy atom. The summed E-state index contributed by atoms with van der Waals surface area (Å²) in [7, 11) is 0. The predicted molar refractivity (Wildman–Crippen MR) is 79.6 cm³/mol. The minimum absolute atomic E-state index is 0.0414. The van der Waals surface area contributed by atoms with Crippen molar-refractivity contribution in [2.75, 3.05) is 0 Å². The quantitative estimate of drug-likeness (QED) is 0.308. The zero-order valence-electron chi connectivity index (χ0n) is 12.0. The minimum Gasteiger partial charge on any atom is -0.409 e. The van der Waals surface area contributed by atoms with Crippen molar-refractivity contribution >= 4 is 11.7 Å². The zero-order valence-corrected chi connectivity index (χ0v) is 12.0. The third-order valence-electron chi connectivity index (χ3n) is 3.29. The van der Waals surface area contributed by atoms with Crippen LogP contribution in [0.5, 0.6) is 0 Å². The van der Waals surface area contributed by atoms with Crippen LogP contribution in [-0.4, -0.2) is 23.0 Å². The van der Waals surface area contributed by atoms with Crippen LogP contribution in [0.1, 0.15) is 32.3 Å². The number of amides is 1. The first-order chi connectivity index (χ1) is 9.58. The highest BCUT2D eigenvalue weighted by Gasteiger charge is 2.22. The first-order valence-corrected chi connectivity index (χ1v) is 6.90. The molecule has 0 bridgehead atoms. The maximum atomic E-state index is 12.0. The summed E-state index contributed by atoms with van der Waals surface area (Å²) in [6.45, 7) is 3.79. The number of nitrogens with zero attached hydrogens (tertiary/aromatic N) is 1. The molecule has 1 aromatic carbocycles. The van der Waals surface area contributed by atoms with Crippen LogP contribution in [0.25, 0.3) is 0 Å². The molecule has 0 aliphatic rings. The molecule has 0 saturated heterocycles. The van der Waals surface area contributed by atoms with Gasteiger partial charge in [0.1, 0.15) is 0 Å². The van der Waals surface area contributed by atoms with E-state index in [1.807, 2.05) is 32.0 Å². The summed E-state index contributed by atoms with van der Waals surface area (Å²) in [5.41, 5.74) is 6.76. The molecule has 2 unspecified atom stereocenters. The lowest BCUT2D eigenvalue weighted by molar-refractivity contribution is -0.123. The molecule has 110 valence electrons. The smallest absolute Gasteiger partial charge is 0.231 e. The highest BCUT2D eigenvalue weighted by Crippen LogP contribution is 2.07. The average Bonchev–Trinajstić information content (AvgIpc) is 2.46. The van der Waals surface area contributed by atoms with E-state index in [0.29, 0.717) is 6.42 Å². The summed E-state index contributed by atoms with van der Waals surface area (Å²) in [5, 5.41) is 14.5. The van der Waals surface area contributed by atoms with Gasteiger partial charge < -0.3 is 16.3 Å². The number of hydrogen-bond acceptors (Lipinski definition) is 3. The third kappa shape index (κ3) is 4.91. The lowest BCUT2D eigenvalue weighted by Gasteiger charge is -2.18. The van der Waals surface area contributed by atoms with Crippen molar-refractivity contribution in [3.05, 3.63) is 35.9 Å². The average molecular weight is 277 g/mol. The fourth-order valence-corrected chi connectivity index (χ4v) is 2.04. The number of hydrogen-bond donors (Lipinski definition) is 3. The van der Waals surface area contributed by atoms with Gasteiger partial charge >= 0.3 is 0 Å². The molecule has 1 rings (SSSR count). The molecule has 1 amide bonds. The Hall–Kier alpha value is -2.04. The Kier molecular flexibility index (Phi) is 6.56. The Bertz CT molecular complexity index is 446. The number of amidine groups is 1. The SMILES string of the molecule is CCC(C(=O)NC(C)CCc1ccccc1)C(N)=NO. The number of aryl methyl sites for hydroxylation is 1. The number of nitrogens with one attached hydrogen (secondary N) is 1. The van der Waals surface area contributed by atoms with Crippen molar-refractivity contribution in [1.29, 1.82) is 0 Å². The van der Waals surface area contributed by atoms with Crippen molar-refractivity contribution in [3.63, 3.8) is 0 Å². The second-order valence-electron chi connectivity index (χ2n) is 4.92. The van der Waals surface area contributed by atoms with Gasteiger partial charge in [0.15, 0.2) is 5.84 Å². The van der Waals surface area contributed by atoms with E-state index in [0.717, 1.165) is 12.8 Å². The van der Waals surface area contributed by atoms with Crippen molar-refractivity contribution in [2.45, 2.75) is 39.2 Å². The van der Waals surface area contributed by atoms with E-state index in [-0.39, 0.29) is 17.8 Å². The Balaban J connectivity index is 2.45. The van der Waals surface area contributed by atoms with Gasteiger partial charge in [-0.2, -0.15) is 0 Å². The molecule has 0 aliphatic heterocycles. The van der Waals surface area contributed by atoms with Gasteiger partial charge in [0, 0.05) is 6.04 Å². The number of carbonyl (C=O) groups is 1. The van der Waals surface area contributed by atoms with E-state index < -0.39 is 5.92 Å². The van der Waals surface area contributed by atoms with E-state index in [1.165, 1.54) is 5.56 Å². The molecule has 0 aromatic heterocycles. The summed E-state index contributed by atoms with van der Waals surface area (Å²) in [5.74, 6) is -0.803. The predicted octanol–water partition coefficient (Wildman–Crippen LogP) is 1.90. The molecule has 4 N–H and O–H groups in total. The van der Waals surface area contributed by atoms with Gasteiger partial charge in [-0.15, -0.1) is 0 Å². The van der Waals surface area contributed by atoms with Gasteiger partial charge in [0.2, 0.25) is 5.91 Å². The van der Waals surface area contributed by atoms with E-state index in [9.17, 15) is 4.79 Å². The van der Waals surface area contributed by atoms with E-state index in [1.54, 1.807) is 0 Å². The monoisotopic (exact) mass is 277 g/mol. The van der Waals surface area contributed by atoms with Gasteiger partial charge in [-0.1, -0.05) is 42.4 Å². The Morgan fingerprint density at radius 3 is 2.60 bits per heavy atom.